The lowest BCUT2D eigenvalue weighted by atomic mass is 9.79. The lowest BCUT2D eigenvalue weighted by molar-refractivity contribution is -0.145. The number of ether oxygens (including phenoxy) is 1. The van der Waals surface area contributed by atoms with Crippen LogP contribution in [0.15, 0.2) is 0 Å². The number of nitrogens with one attached hydrogen (secondary N) is 1. The number of carbonyl (C=O) groups is 2. The summed E-state index contributed by atoms with van der Waals surface area (Å²) in [5, 5.41) is 22.7. The summed E-state index contributed by atoms with van der Waals surface area (Å²) in [7, 11) is 0. The quantitative estimate of drug-likeness (QED) is 0.582. The summed E-state index contributed by atoms with van der Waals surface area (Å²) in [6, 6.07) is -0.682. The van der Waals surface area contributed by atoms with Crippen molar-refractivity contribution in [2.24, 2.45) is 23.5 Å². The predicted molar refractivity (Wildman–Crippen MR) is 90.4 cm³/mol. The van der Waals surface area contributed by atoms with Crippen LogP contribution >= 0.6 is 0 Å². The van der Waals surface area contributed by atoms with E-state index >= 15 is 0 Å². The number of hydrogen-bond donors (Lipinski definition) is 4. The maximum absolute atomic E-state index is 12.1. The molecular weight excluding hydrogens is 312 g/mol. The minimum Gasteiger partial charge on any atom is -0.481 e. The summed E-state index contributed by atoms with van der Waals surface area (Å²) in [5.41, 5.74) is 5.43. The molecule has 0 aromatic heterocycles. The van der Waals surface area contributed by atoms with Gasteiger partial charge in [0.05, 0.1) is 12.0 Å². The number of rotatable bonds is 6. The van der Waals surface area contributed by atoms with Gasteiger partial charge in [-0.3, -0.25) is 4.79 Å². The Morgan fingerprint density at radius 3 is 2.38 bits per heavy atom. The van der Waals surface area contributed by atoms with E-state index in [-0.39, 0.29) is 18.4 Å². The Labute approximate surface area is 143 Å². The second-order valence-electron chi connectivity index (χ2n) is 7.81. The van der Waals surface area contributed by atoms with Gasteiger partial charge in [-0.25, -0.2) is 4.79 Å². The molecule has 1 aliphatic rings. The average molecular weight is 344 g/mol. The normalized spacial score (nSPS) is 29.8. The molecule has 0 radical (unpaired) electrons. The first-order chi connectivity index (χ1) is 11.0. The molecule has 0 saturated heterocycles. The number of amides is 1. The van der Waals surface area contributed by atoms with Crippen molar-refractivity contribution in [2.75, 3.05) is 0 Å². The van der Waals surface area contributed by atoms with E-state index in [0.29, 0.717) is 0 Å². The van der Waals surface area contributed by atoms with Crippen LogP contribution in [0.1, 0.15) is 53.9 Å². The fourth-order valence-electron chi connectivity index (χ4n) is 3.63. The molecule has 1 rings (SSSR count). The van der Waals surface area contributed by atoms with E-state index in [1.54, 1.807) is 20.8 Å². The van der Waals surface area contributed by atoms with Crippen LogP contribution < -0.4 is 11.1 Å². The van der Waals surface area contributed by atoms with Gasteiger partial charge in [0.1, 0.15) is 5.60 Å². The highest BCUT2D eigenvalue weighted by Crippen LogP contribution is 2.39. The maximum Gasteiger partial charge on any atom is 0.407 e. The van der Waals surface area contributed by atoms with E-state index in [1.807, 2.05) is 13.8 Å². The van der Waals surface area contributed by atoms with Crippen molar-refractivity contribution in [3.63, 3.8) is 0 Å². The Kier molecular flexibility index (Phi) is 7.04. The van der Waals surface area contributed by atoms with Crippen LogP contribution in [-0.2, 0) is 9.53 Å². The van der Waals surface area contributed by atoms with E-state index in [4.69, 9.17) is 10.5 Å². The van der Waals surface area contributed by atoms with Crippen molar-refractivity contribution in [3.8, 4) is 0 Å². The van der Waals surface area contributed by atoms with E-state index in [1.165, 1.54) is 0 Å². The highest BCUT2D eigenvalue weighted by atomic mass is 16.6. The number of carbonyl (C=O) groups excluding carboxylic acids is 1. The van der Waals surface area contributed by atoms with Gasteiger partial charge >= 0.3 is 12.1 Å². The predicted octanol–water partition coefficient (Wildman–Crippen LogP) is 1.72. The van der Waals surface area contributed by atoms with Crippen LogP contribution in [0.2, 0.25) is 0 Å². The summed E-state index contributed by atoms with van der Waals surface area (Å²) in [6.45, 7) is 9.15. The molecule has 0 aromatic carbocycles. The van der Waals surface area contributed by atoms with Crippen LogP contribution in [-0.4, -0.2) is 46.1 Å². The van der Waals surface area contributed by atoms with Gasteiger partial charge < -0.3 is 26.0 Å². The number of aliphatic hydroxyl groups excluding tert-OH is 1. The Hall–Kier alpha value is -1.34. The van der Waals surface area contributed by atoms with Gasteiger partial charge in [-0.2, -0.15) is 0 Å². The Morgan fingerprint density at radius 2 is 1.96 bits per heavy atom. The minimum absolute atomic E-state index is 0.0747. The number of carboxylic acid groups (broad SMARTS) is 1. The van der Waals surface area contributed by atoms with Crippen molar-refractivity contribution in [3.05, 3.63) is 0 Å². The summed E-state index contributed by atoms with van der Waals surface area (Å²) in [6.07, 6.45) is 0.165. The molecule has 7 heteroatoms. The zero-order valence-electron chi connectivity index (χ0n) is 15.3. The van der Waals surface area contributed by atoms with Crippen molar-refractivity contribution < 1.29 is 24.5 Å². The lowest BCUT2D eigenvalue weighted by Crippen LogP contribution is -2.48. The molecule has 0 spiro atoms. The second-order valence-corrected chi connectivity index (χ2v) is 7.81. The minimum atomic E-state index is -1.05. The molecule has 6 atom stereocenters. The van der Waals surface area contributed by atoms with E-state index in [0.717, 1.165) is 12.8 Å². The molecule has 1 saturated carbocycles. The highest BCUT2D eigenvalue weighted by molar-refractivity contribution is 5.72. The Balaban J connectivity index is 2.99. The summed E-state index contributed by atoms with van der Waals surface area (Å²) in [5.74, 6) is -2.44. The van der Waals surface area contributed by atoms with Gasteiger partial charge in [-0.1, -0.05) is 13.3 Å². The van der Waals surface area contributed by atoms with Crippen LogP contribution in [0, 0.1) is 17.8 Å². The summed E-state index contributed by atoms with van der Waals surface area (Å²) < 4.78 is 5.27. The number of alkyl carbamates (subject to hydrolysis) is 1. The van der Waals surface area contributed by atoms with Crippen molar-refractivity contribution in [1.82, 2.24) is 5.32 Å². The molecule has 0 bridgehead atoms. The van der Waals surface area contributed by atoms with Gasteiger partial charge in [-0.15, -0.1) is 0 Å². The number of nitrogens with two attached hydrogens (primary N) is 1. The van der Waals surface area contributed by atoms with Crippen LogP contribution in [0.3, 0.4) is 0 Å². The standard InChI is InChI=1S/C17H32N2O5/c1-6-7-10(9(2)18)13-12(8-11(14(13)20)15(21)22)19-16(23)24-17(3,4)5/h9-14,20H,6-8,18H2,1-5H3,(H,19,23)(H,21,22)/t9?,10?,11-,12?,13?,14?/m0/s1. The van der Waals surface area contributed by atoms with Crippen LogP contribution in [0.25, 0.3) is 0 Å². The zero-order valence-corrected chi connectivity index (χ0v) is 15.3. The van der Waals surface area contributed by atoms with Crippen LogP contribution in [0.5, 0.6) is 0 Å². The SMILES string of the molecule is CCCC(C(C)N)C1C(NC(=O)OC(C)(C)C)C[C@H](C(=O)O)C1O. The van der Waals surface area contributed by atoms with E-state index in [2.05, 4.69) is 5.32 Å². The molecule has 7 nitrogen and oxygen atoms in total. The number of aliphatic carboxylic acids is 1. The number of carboxylic acids is 1. The average Bonchev–Trinajstić information content (AvgIpc) is 2.70. The fourth-order valence-corrected chi connectivity index (χ4v) is 3.63. The highest BCUT2D eigenvalue weighted by Gasteiger charge is 2.50. The van der Waals surface area contributed by atoms with Crippen molar-refractivity contribution in [1.29, 1.82) is 0 Å². The Morgan fingerprint density at radius 1 is 1.38 bits per heavy atom. The van der Waals surface area contributed by atoms with Crippen molar-refractivity contribution in [2.45, 2.75) is 77.7 Å². The molecule has 0 aromatic rings. The van der Waals surface area contributed by atoms with Gasteiger partial charge in [0.2, 0.25) is 0 Å². The van der Waals surface area contributed by atoms with Gasteiger partial charge in [0.25, 0.3) is 0 Å². The maximum atomic E-state index is 12.1. The van der Waals surface area contributed by atoms with Gasteiger partial charge in [0, 0.05) is 18.0 Å². The molecule has 1 amide bonds. The molecule has 1 fully saturated rings. The van der Waals surface area contributed by atoms with E-state index < -0.39 is 41.6 Å². The molecule has 0 heterocycles. The first-order valence-corrected chi connectivity index (χ1v) is 8.63. The lowest BCUT2D eigenvalue weighted by Gasteiger charge is -2.34. The van der Waals surface area contributed by atoms with Gasteiger partial charge in [-0.05, 0) is 46.5 Å². The smallest absolute Gasteiger partial charge is 0.407 e. The molecule has 5 unspecified atom stereocenters. The second kappa shape index (κ2) is 8.16. The third-order valence-corrected chi connectivity index (χ3v) is 4.59. The summed E-state index contributed by atoms with van der Waals surface area (Å²) in [4.78, 5) is 23.5. The topological polar surface area (TPSA) is 122 Å². The largest absolute Gasteiger partial charge is 0.481 e. The molecule has 140 valence electrons. The molecular formula is C17H32N2O5. The van der Waals surface area contributed by atoms with Gasteiger partial charge in [0.15, 0.2) is 0 Å². The summed E-state index contributed by atoms with van der Waals surface area (Å²) >= 11 is 0. The van der Waals surface area contributed by atoms with Crippen LogP contribution in [0.4, 0.5) is 4.79 Å². The first-order valence-electron chi connectivity index (χ1n) is 8.63. The number of hydrogen-bond acceptors (Lipinski definition) is 5. The molecule has 5 N–H and O–H groups in total. The fraction of sp³-hybridized carbons (Fsp3) is 0.882. The molecule has 0 aliphatic heterocycles. The third kappa shape index (κ3) is 5.34. The first kappa shape index (κ1) is 20.7. The molecule has 24 heavy (non-hydrogen) atoms. The van der Waals surface area contributed by atoms with E-state index in [9.17, 15) is 19.8 Å². The Bertz CT molecular complexity index is 447. The molecule has 1 aliphatic carbocycles. The number of aliphatic hydroxyl groups is 1. The monoisotopic (exact) mass is 344 g/mol. The third-order valence-electron chi connectivity index (χ3n) is 4.59. The zero-order chi connectivity index (χ0) is 18.7. The van der Waals surface area contributed by atoms with Crippen molar-refractivity contribution >= 4 is 12.1 Å².